The van der Waals surface area contributed by atoms with Gasteiger partial charge in [-0.2, -0.15) is 8.42 Å². The van der Waals surface area contributed by atoms with E-state index in [9.17, 15) is 24.6 Å². The van der Waals surface area contributed by atoms with E-state index in [-0.39, 0.29) is 23.7 Å². The number of anilines is 1. The van der Waals surface area contributed by atoms with Crippen LogP contribution in [0.1, 0.15) is 79.4 Å². The van der Waals surface area contributed by atoms with Gasteiger partial charge in [0.25, 0.3) is 0 Å². The van der Waals surface area contributed by atoms with Crippen molar-refractivity contribution in [1.82, 2.24) is 14.8 Å². The fraction of sp³-hybridized carbons (Fsp3) is 0.565. The smallest absolute Gasteiger partial charge is 0.394 e. The predicted octanol–water partition coefficient (Wildman–Crippen LogP) is 2.86. The standard InChI is InChI=1S/C46H56N4O10.H2O4S/c1-7-42(55)22-28-23-45(40(53)58-5,36-30(14-18-48(24-28)25-42)29-12-9-10-13-33(29)47-36)32-20-31-34(21-35(32)57-4)50(26-51)38-44(31)16-19-49-17-11-15-43(8-2,37(44)49)39(60-27(3)52)46(38,56)41(54)59-6;1-5(2,3)4/h9-13,15,20-21,26,28,37-39,47,55-56H,7-8,14,16-19,22-25H2,1-6H3;(H2,1,2,3,4)/t28-,37+,38-,39+,42+,43-,44-,45+,46+;/m1./s1/i5D3;. The molecule has 1 aromatic heterocycles. The lowest BCUT2D eigenvalue weighted by Crippen LogP contribution is -2.81. The number of nitrogens with zero attached hydrogens (tertiary/aromatic N) is 3. The third-order valence-electron chi connectivity index (χ3n) is 15.4. The van der Waals surface area contributed by atoms with Crippen LogP contribution in [0, 0.1) is 11.3 Å². The van der Waals surface area contributed by atoms with Crippen LogP contribution in [0.25, 0.3) is 10.9 Å². The predicted molar refractivity (Wildman–Crippen MR) is 235 cm³/mol. The van der Waals surface area contributed by atoms with E-state index in [0.717, 1.165) is 23.6 Å². The van der Waals surface area contributed by atoms with Crippen molar-refractivity contribution in [2.75, 3.05) is 58.9 Å². The van der Waals surface area contributed by atoms with Crippen LogP contribution in [0.15, 0.2) is 48.6 Å². The number of aromatic amines is 1. The van der Waals surface area contributed by atoms with Crippen molar-refractivity contribution in [1.29, 1.82) is 0 Å². The highest BCUT2D eigenvalue weighted by atomic mass is 32.3. The van der Waals surface area contributed by atoms with E-state index in [1.807, 2.05) is 50.3 Å². The Morgan fingerprint density at radius 1 is 1.00 bits per heavy atom. The summed E-state index contributed by atoms with van der Waals surface area (Å²) in [6, 6.07) is 9.12. The zero-order valence-corrected chi connectivity index (χ0v) is 37.7. The number of esters is 3. The molecule has 18 nitrogen and oxygen atoms in total. The Labute approximate surface area is 381 Å². The van der Waals surface area contributed by atoms with Gasteiger partial charge in [-0.3, -0.25) is 33.3 Å². The lowest BCUT2D eigenvalue weighted by Gasteiger charge is -2.63. The van der Waals surface area contributed by atoms with Crippen LogP contribution in [0.5, 0.6) is 5.75 Å². The fourth-order valence-corrected chi connectivity index (χ4v) is 13.3. The maximum absolute atomic E-state index is 15.6. The quantitative estimate of drug-likeness (QED) is 0.0717. The van der Waals surface area contributed by atoms with Gasteiger partial charge in [0, 0.05) is 78.2 Å². The number of fused-ring (bicyclic) bond motifs is 6. The number of benzene rings is 2. The van der Waals surface area contributed by atoms with Crippen molar-refractivity contribution in [3.63, 3.8) is 0 Å². The topological polar surface area (TPSA) is 246 Å². The summed E-state index contributed by atoms with van der Waals surface area (Å²) in [6.45, 7) is 7.50. The summed E-state index contributed by atoms with van der Waals surface area (Å²) in [5.74, 6) is -3.10. The normalized spacial score (nSPS) is 35.4. The largest absolute Gasteiger partial charge is 0.496 e. The first-order chi connectivity index (χ1) is 31.9. The highest BCUT2D eigenvalue weighted by molar-refractivity contribution is 7.79. The minimum Gasteiger partial charge on any atom is -0.496 e. The van der Waals surface area contributed by atoms with Gasteiger partial charge >= 0.3 is 28.3 Å². The molecule has 2 aromatic carbocycles. The van der Waals surface area contributed by atoms with Crippen molar-refractivity contribution < 1.29 is 70.0 Å². The Hall–Kier alpha value is -4.89. The average molecular weight is 926 g/mol. The second-order valence-corrected chi connectivity index (χ2v) is 19.3. The number of methoxy groups -OCH3 is 3. The minimum atomic E-state index is -4.67. The van der Waals surface area contributed by atoms with Crippen LogP contribution in [0.2, 0.25) is 0 Å². The van der Waals surface area contributed by atoms with Crippen LogP contribution in [-0.4, -0.2) is 150 Å². The number of carbonyl (C=O) groups is 4. The highest BCUT2D eigenvalue weighted by Gasteiger charge is 2.81. The molecule has 65 heavy (non-hydrogen) atoms. The maximum Gasteiger partial charge on any atom is 0.394 e. The van der Waals surface area contributed by atoms with Crippen molar-refractivity contribution in [3.8, 4) is 5.75 Å². The van der Waals surface area contributed by atoms with E-state index in [1.165, 1.54) is 18.9 Å². The molecule has 2 saturated heterocycles. The van der Waals surface area contributed by atoms with E-state index in [2.05, 4.69) is 14.8 Å². The first-order valence-electron chi connectivity index (χ1n) is 23.3. The van der Waals surface area contributed by atoms with Gasteiger partial charge in [-0.15, -0.1) is 0 Å². The number of carbonyl (C=O) groups excluding carboxylic acids is 4. The molecule has 1 spiro atoms. The average Bonchev–Trinajstić information content (AvgIpc) is 3.94. The number of nitrogens with one attached hydrogen (secondary N) is 1. The van der Waals surface area contributed by atoms with Crippen molar-refractivity contribution >= 4 is 51.3 Å². The van der Waals surface area contributed by atoms with E-state index < -0.39 is 81.0 Å². The molecular formula is C46H58N4O14S. The number of aliphatic hydroxyl groups is 2. The molecule has 1 saturated carbocycles. The van der Waals surface area contributed by atoms with Gasteiger partial charge in [-0.25, -0.2) is 4.79 Å². The molecule has 1 amide bonds. The van der Waals surface area contributed by atoms with Crippen LogP contribution in [-0.2, 0) is 61.0 Å². The molecule has 9 rings (SSSR count). The zero-order valence-electron chi connectivity index (χ0n) is 39.9. The summed E-state index contributed by atoms with van der Waals surface area (Å²) in [7, 11) is -5.27. The number of para-hydroxylation sites is 1. The molecule has 352 valence electrons. The van der Waals surface area contributed by atoms with Gasteiger partial charge in [-0.05, 0) is 74.2 Å². The molecule has 0 radical (unpaired) electrons. The van der Waals surface area contributed by atoms with Crippen molar-refractivity contribution in [2.45, 2.75) is 99.5 Å². The Morgan fingerprint density at radius 2 is 1.74 bits per heavy atom. The molecule has 6 heterocycles. The SMILES string of the molecule is O=S(=O)(O)O.[2H]C([2H])([2H])OC(=O)[C@]1(c2cc3c(cc2OC)N(C=O)[C@H]2[C@@](O)(C(=O)OC)[C@@H](OC(C)=O)[C@]4(CC)C=CCN5CC[C@]32[C@@H]54)C[C@@H]2CN(CCc3c1[nH]c1ccccc31)C[C@](O)(CC)C2. The second-order valence-electron chi connectivity index (χ2n) is 18.5. The molecule has 10 atom stereocenters. The maximum atomic E-state index is 15.6. The van der Waals surface area contributed by atoms with Gasteiger partial charge in [0.05, 0.1) is 42.7 Å². The van der Waals surface area contributed by atoms with E-state index >= 15 is 4.79 Å². The third-order valence-corrected chi connectivity index (χ3v) is 15.4. The first-order valence-corrected chi connectivity index (χ1v) is 23.2. The summed E-state index contributed by atoms with van der Waals surface area (Å²) in [4.78, 5) is 66.2. The van der Waals surface area contributed by atoms with Gasteiger partial charge < -0.3 is 39.0 Å². The minimum absolute atomic E-state index is 0.00132. The number of hydrogen-bond donors (Lipinski definition) is 5. The van der Waals surface area contributed by atoms with Gasteiger partial charge in [0.1, 0.15) is 11.2 Å². The van der Waals surface area contributed by atoms with Crippen molar-refractivity contribution in [3.05, 3.63) is 70.9 Å². The van der Waals surface area contributed by atoms with Crippen LogP contribution < -0.4 is 9.64 Å². The van der Waals surface area contributed by atoms with Gasteiger partial charge in [0.15, 0.2) is 6.10 Å². The number of rotatable bonds is 8. The molecule has 3 fully saturated rings. The van der Waals surface area contributed by atoms with E-state index in [0.29, 0.717) is 88.2 Å². The Kier molecular flexibility index (Phi) is 10.8. The Balaban J connectivity index is 0.00000119. The summed E-state index contributed by atoms with van der Waals surface area (Å²) >= 11 is 0. The van der Waals surface area contributed by atoms with Gasteiger partial charge in [0.2, 0.25) is 12.0 Å². The summed E-state index contributed by atoms with van der Waals surface area (Å²) in [5.41, 5.74) is -5.05. The van der Waals surface area contributed by atoms with Crippen molar-refractivity contribution in [2.24, 2.45) is 11.3 Å². The highest BCUT2D eigenvalue weighted by Crippen LogP contribution is 2.68. The Bertz CT molecular complexity index is 2670. The van der Waals surface area contributed by atoms with Crippen LogP contribution >= 0.6 is 0 Å². The van der Waals surface area contributed by atoms with E-state index in [4.69, 9.17) is 40.6 Å². The Morgan fingerprint density at radius 3 is 2.38 bits per heavy atom. The molecule has 1 aliphatic carbocycles. The summed E-state index contributed by atoms with van der Waals surface area (Å²) in [5, 5.41) is 26.2. The molecule has 3 aromatic rings. The number of amides is 1. The third kappa shape index (κ3) is 6.90. The zero-order chi connectivity index (χ0) is 49.6. The van der Waals surface area contributed by atoms with Crippen LogP contribution in [0.4, 0.5) is 5.69 Å². The molecular weight excluding hydrogens is 865 g/mol. The molecule has 6 aliphatic rings. The van der Waals surface area contributed by atoms with E-state index in [1.54, 1.807) is 12.1 Å². The molecule has 19 heteroatoms. The first kappa shape index (κ1) is 42.7. The summed E-state index contributed by atoms with van der Waals surface area (Å²) < 4.78 is 79.8. The van der Waals surface area contributed by atoms with Gasteiger partial charge in [-0.1, -0.05) is 44.2 Å². The molecule has 2 bridgehead atoms. The number of hydrogen-bond acceptors (Lipinski definition) is 14. The fourth-order valence-electron chi connectivity index (χ4n) is 13.3. The second kappa shape index (κ2) is 16.5. The molecule has 5 N–H and O–H groups in total. The molecule has 5 aliphatic heterocycles. The lowest BCUT2D eigenvalue weighted by molar-refractivity contribution is -0.228. The lowest BCUT2D eigenvalue weighted by atomic mass is 9.47. The number of aromatic nitrogens is 1. The monoisotopic (exact) mass is 925 g/mol. The van der Waals surface area contributed by atoms with Crippen LogP contribution in [0.3, 0.4) is 0 Å². The number of H-pyrrole nitrogens is 1. The summed E-state index contributed by atoms with van der Waals surface area (Å²) in [6.07, 6.45) is 4.77. The number of piperidine rings is 1. The molecule has 1 unspecified atom stereocenters. The number of ether oxygens (including phenoxy) is 4.